The van der Waals surface area contributed by atoms with E-state index in [1.165, 1.54) is 25.7 Å². The summed E-state index contributed by atoms with van der Waals surface area (Å²) in [5.74, 6) is 0. The van der Waals surface area contributed by atoms with Gasteiger partial charge in [-0.15, -0.1) is 12.4 Å². The molecule has 2 aliphatic rings. The van der Waals surface area contributed by atoms with Crippen LogP contribution in [0.1, 0.15) is 32.1 Å². The summed E-state index contributed by atoms with van der Waals surface area (Å²) in [7, 11) is 1.95. The number of amides is 2. The van der Waals surface area contributed by atoms with Crippen molar-refractivity contribution in [1.82, 2.24) is 15.1 Å². The Morgan fingerprint density at radius 2 is 1.94 bits per heavy atom. The molecule has 1 unspecified atom stereocenters. The van der Waals surface area contributed by atoms with Crippen LogP contribution in [0.25, 0.3) is 0 Å². The summed E-state index contributed by atoms with van der Waals surface area (Å²) >= 11 is 0. The summed E-state index contributed by atoms with van der Waals surface area (Å²) in [6, 6.07) is 0.622. The van der Waals surface area contributed by atoms with Crippen molar-refractivity contribution in [2.75, 3.05) is 33.2 Å². The Kier molecular flexibility index (Phi) is 6.06. The maximum atomic E-state index is 12.2. The maximum Gasteiger partial charge on any atom is 0.320 e. The average Bonchev–Trinajstić information content (AvgIpc) is 2.39. The molecule has 4 nitrogen and oxygen atoms in total. The SMILES string of the molecule is CN(C(=O)N1CCCCC1)C1CCCNC1.Cl. The fraction of sp³-hybridized carbons (Fsp3) is 0.917. The molecule has 0 radical (unpaired) electrons. The van der Waals surface area contributed by atoms with Crippen molar-refractivity contribution in [1.29, 1.82) is 0 Å². The zero-order chi connectivity index (χ0) is 11.4. The van der Waals surface area contributed by atoms with Gasteiger partial charge in [-0.25, -0.2) is 4.79 Å². The van der Waals surface area contributed by atoms with Crippen LogP contribution in [-0.2, 0) is 0 Å². The van der Waals surface area contributed by atoms with E-state index in [-0.39, 0.29) is 18.4 Å². The van der Waals surface area contributed by atoms with Crippen LogP contribution in [0, 0.1) is 0 Å². The zero-order valence-electron chi connectivity index (χ0n) is 10.7. The molecule has 1 atom stereocenters. The van der Waals surface area contributed by atoms with Gasteiger partial charge in [-0.1, -0.05) is 0 Å². The van der Waals surface area contributed by atoms with E-state index in [0.717, 1.165) is 32.6 Å². The van der Waals surface area contributed by atoms with Gasteiger partial charge in [0, 0.05) is 32.7 Å². The number of nitrogens with zero attached hydrogens (tertiary/aromatic N) is 2. The lowest BCUT2D eigenvalue weighted by Gasteiger charge is -2.37. The average molecular weight is 262 g/mol. The van der Waals surface area contributed by atoms with Gasteiger partial charge in [-0.05, 0) is 38.6 Å². The van der Waals surface area contributed by atoms with Crippen molar-refractivity contribution in [2.45, 2.75) is 38.1 Å². The number of hydrogen-bond donors (Lipinski definition) is 1. The van der Waals surface area contributed by atoms with Crippen LogP contribution in [0.15, 0.2) is 0 Å². The van der Waals surface area contributed by atoms with Crippen LogP contribution in [0.2, 0.25) is 0 Å². The molecule has 2 heterocycles. The third kappa shape index (κ3) is 3.75. The largest absolute Gasteiger partial charge is 0.325 e. The Morgan fingerprint density at radius 1 is 1.24 bits per heavy atom. The Bertz CT molecular complexity index is 238. The maximum absolute atomic E-state index is 12.2. The van der Waals surface area contributed by atoms with Crippen LogP contribution in [0.4, 0.5) is 4.79 Å². The fourth-order valence-electron chi connectivity index (χ4n) is 2.63. The summed E-state index contributed by atoms with van der Waals surface area (Å²) in [5, 5.41) is 3.36. The third-order valence-electron chi connectivity index (χ3n) is 3.75. The lowest BCUT2D eigenvalue weighted by molar-refractivity contribution is 0.130. The van der Waals surface area contributed by atoms with Gasteiger partial charge in [0.2, 0.25) is 0 Å². The molecule has 2 rings (SSSR count). The number of carbonyl (C=O) groups excluding carboxylic acids is 1. The molecule has 5 heteroatoms. The van der Waals surface area contributed by atoms with Crippen molar-refractivity contribution < 1.29 is 4.79 Å². The van der Waals surface area contributed by atoms with Gasteiger partial charge in [0.1, 0.15) is 0 Å². The summed E-state index contributed by atoms with van der Waals surface area (Å²) in [6.45, 7) is 3.95. The predicted octanol–water partition coefficient (Wildman–Crippen LogP) is 1.70. The van der Waals surface area contributed by atoms with Crippen molar-refractivity contribution >= 4 is 18.4 Å². The highest BCUT2D eigenvalue weighted by molar-refractivity contribution is 5.85. The lowest BCUT2D eigenvalue weighted by atomic mass is 10.1. The smallest absolute Gasteiger partial charge is 0.320 e. The van der Waals surface area contributed by atoms with Crippen LogP contribution in [0.5, 0.6) is 0 Å². The highest BCUT2D eigenvalue weighted by atomic mass is 35.5. The molecule has 2 amide bonds. The molecule has 2 saturated heterocycles. The van der Waals surface area contributed by atoms with Crippen molar-refractivity contribution in [3.8, 4) is 0 Å². The molecule has 0 spiro atoms. The lowest BCUT2D eigenvalue weighted by Crippen LogP contribution is -2.52. The summed E-state index contributed by atoms with van der Waals surface area (Å²) in [4.78, 5) is 16.2. The minimum atomic E-state index is 0. The number of nitrogens with one attached hydrogen (secondary N) is 1. The normalized spacial score (nSPS) is 25.0. The first-order chi connectivity index (χ1) is 7.79. The van der Waals surface area contributed by atoms with Gasteiger partial charge >= 0.3 is 6.03 Å². The molecule has 0 aliphatic carbocycles. The Morgan fingerprint density at radius 3 is 2.53 bits per heavy atom. The van der Waals surface area contributed by atoms with Gasteiger partial charge in [0.25, 0.3) is 0 Å². The van der Waals surface area contributed by atoms with Gasteiger partial charge in [-0.2, -0.15) is 0 Å². The summed E-state index contributed by atoms with van der Waals surface area (Å²) in [6.07, 6.45) is 5.94. The molecule has 17 heavy (non-hydrogen) atoms. The second-order valence-electron chi connectivity index (χ2n) is 4.94. The minimum Gasteiger partial charge on any atom is -0.325 e. The third-order valence-corrected chi connectivity index (χ3v) is 3.75. The van der Waals surface area contributed by atoms with Crippen molar-refractivity contribution in [2.24, 2.45) is 0 Å². The Labute approximate surface area is 110 Å². The quantitative estimate of drug-likeness (QED) is 0.780. The number of hydrogen-bond acceptors (Lipinski definition) is 2. The summed E-state index contributed by atoms with van der Waals surface area (Å²) in [5.41, 5.74) is 0. The molecular formula is C12H24ClN3O. The number of piperidine rings is 2. The van der Waals surface area contributed by atoms with Crippen LogP contribution in [0.3, 0.4) is 0 Å². The minimum absolute atomic E-state index is 0. The second kappa shape index (κ2) is 7.07. The molecular weight excluding hydrogens is 238 g/mol. The molecule has 0 aromatic rings. The van der Waals surface area contributed by atoms with E-state index in [1.54, 1.807) is 0 Å². The monoisotopic (exact) mass is 261 g/mol. The number of rotatable bonds is 1. The van der Waals surface area contributed by atoms with Gasteiger partial charge < -0.3 is 15.1 Å². The fourth-order valence-corrected chi connectivity index (χ4v) is 2.63. The molecule has 1 N–H and O–H groups in total. The van der Waals surface area contributed by atoms with Crippen LogP contribution in [-0.4, -0.2) is 55.1 Å². The first kappa shape index (κ1) is 14.6. The molecule has 0 saturated carbocycles. The topological polar surface area (TPSA) is 35.6 Å². The number of likely N-dealkylation sites (tertiary alicyclic amines) is 1. The van der Waals surface area contributed by atoms with E-state index in [4.69, 9.17) is 0 Å². The first-order valence-electron chi connectivity index (χ1n) is 6.51. The van der Waals surface area contributed by atoms with E-state index in [0.29, 0.717) is 6.04 Å². The highest BCUT2D eigenvalue weighted by Gasteiger charge is 2.26. The van der Waals surface area contributed by atoms with Crippen LogP contribution < -0.4 is 5.32 Å². The molecule has 100 valence electrons. The molecule has 0 aromatic heterocycles. The molecule has 0 aromatic carbocycles. The number of carbonyl (C=O) groups is 1. The van der Waals surface area contributed by atoms with Crippen molar-refractivity contribution in [3.63, 3.8) is 0 Å². The van der Waals surface area contributed by atoms with Gasteiger partial charge in [0.05, 0.1) is 0 Å². The van der Waals surface area contributed by atoms with E-state index in [1.807, 2.05) is 16.8 Å². The predicted molar refractivity (Wildman–Crippen MR) is 71.7 cm³/mol. The second-order valence-corrected chi connectivity index (χ2v) is 4.94. The molecule has 0 bridgehead atoms. The standard InChI is InChI=1S/C12H23N3O.ClH/c1-14(11-6-5-7-13-10-11)12(16)15-8-3-2-4-9-15;/h11,13H,2-10H2,1H3;1H. The summed E-state index contributed by atoms with van der Waals surface area (Å²) < 4.78 is 0. The highest BCUT2D eigenvalue weighted by Crippen LogP contribution is 2.14. The zero-order valence-corrected chi connectivity index (χ0v) is 11.5. The molecule has 2 aliphatic heterocycles. The van der Waals surface area contributed by atoms with E-state index in [9.17, 15) is 4.79 Å². The van der Waals surface area contributed by atoms with Crippen molar-refractivity contribution in [3.05, 3.63) is 0 Å². The number of urea groups is 1. The van der Waals surface area contributed by atoms with Crippen LogP contribution >= 0.6 is 12.4 Å². The first-order valence-corrected chi connectivity index (χ1v) is 6.51. The Balaban J connectivity index is 0.00000144. The van der Waals surface area contributed by atoms with Gasteiger partial charge in [0.15, 0.2) is 0 Å². The number of likely N-dealkylation sites (N-methyl/N-ethyl adjacent to an activating group) is 1. The van der Waals surface area contributed by atoms with E-state index < -0.39 is 0 Å². The van der Waals surface area contributed by atoms with E-state index >= 15 is 0 Å². The number of halogens is 1. The molecule has 2 fully saturated rings. The van der Waals surface area contributed by atoms with E-state index in [2.05, 4.69) is 5.32 Å². The van der Waals surface area contributed by atoms with Gasteiger partial charge in [-0.3, -0.25) is 0 Å². The Hall–Kier alpha value is -0.480.